The molecular weight excluding hydrogens is 356 g/mol. The number of H-pyrrole nitrogens is 1. The summed E-state index contributed by atoms with van der Waals surface area (Å²) in [5.41, 5.74) is 11.0. The lowest BCUT2D eigenvalue weighted by molar-refractivity contribution is 0.466. The highest BCUT2D eigenvalue weighted by molar-refractivity contribution is 7.98. The van der Waals surface area contributed by atoms with Gasteiger partial charge in [0.2, 0.25) is 5.89 Å². The minimum atomic E-state index is 0.527. The van der Waals surface area contributed by atoms with Gasteiger partial charge in [-0.3, -0.25) is 0 Å². The van der Waals surface area contributed by atoms with Crippen LogP contribution < -0.4 is 0 Å². The lowest BCUT2D eigenvalue weighted by atomic mass is 9.90. The first-order valence-electron chi connectivity index (χ1n) is 8.91. The molecular formula is C21H22N4OS. The molecule has 0 atom stereocenters. The monoisotopic (exact) mass is 378 g/mol. The average Bonchev–Trinajstić information content (AvgIpc) is 3.33. The molecule has 0 spiro atoms. The highest BCUT2D eigenvalue weighted by Gasteiger charge is 2.15. The summed E-state index contributed by atoms with van der Waals surface area (Å²) in [6, 6.07) is 5.88. The predicted molar refractivity (Wildman–Crippen MR) is 109 cm³/mol. The summed E-state index contributed by atoms with van der Waals surface area (Å²) in [5.74, 6) is 1.35. The highest BCUT2D eigenvalue weighted by atomic mass is 32.2. The van der Waals surface area contributed by atoms with Crippen LogP contribution in [0.25, 0.3) is 22.5 Å². The molecule has 4 rings (SSSR count). The van der Waals surface area contributed by atoms with E-state index < -0.39 is 0 Å². The van der Waals surface area contributed by atoms with Gasteiger partial charge in [0.15, 0.2) is 0 Å². The Morgan fingerprint density at radius 3 is 2.37 bits per heavy atom. The fraction of sp³-hybridized carbons (Fsp3) is 0.286. The van der Waals surface area contributed by atoms with E-state index in [1.807, 2.05) is 18.2 Å². The lowest BCUT2D eigenvalue weighted by Gasteiger charge is -2.17. The van der Waals surface area contributed by atoms with Crippen molar-refractivity contribution in [2.75, 3.05) is 0 Å². The zero-order valence-corrected chi connectivity index (χ0v) is 17.0. The number of fused-ring (bicyclic) bond motifs is 1. The Balaban J connectivity index is 1.57. The molecule has 0 saturated heterocycles. The topological polar surface area (TPSA) is 67.6 Å². The van der Waals surface area contributed by atoms with Crippen molar-refractivity contribution in [2.45, 2.75) is 45.6 Å². The maximum atomic E-state index is 5.89. The van der Waals surface area contributed by atoms with E-state index in [9.17, 15) is 0 Å². The van der Waals surface area contributed by atoms with Crippen molar-refractivity contribution in [2.24, 2.45) is 0 Å². The molecule has 0 bridgehead atoms. The van der Waals surface area contributed by atoms with Crippen molar-refractivity contribution in [3.63, 3.8) is 0 Å². The Morgan fingerprint density at radius 2 is 1.63 bits per heavy atom. The zero-order chi connectivity index (χ0) is 19.1. The van der Waals surface area contributed by atoms with Crippen LogP contribution in [0.1, 0.15) is 33.4 Å². The van der Waals surface area contributed by atoms with Gasteiger partial charge in [-0.25, -0.2) is 4.98 Å². The molecule has 6 heteroatoms. The average molecular weight is 379 g/mol. The van der Waals surface area contributed by atoms with E-state index in [0.717, 1.165) is 22.3 Å². The largest absolute Gasteiger partial charge is 0.411 e. The van der Waals surface area contributed by atoms with Gasteiger partial charge in [0, 0.05) is 11.3 Å². The van der Waals surface area contributed by atoms with Gasteiger partial charge >= 0.3 is 0 Å². The molecule has 1 N–H and O–H groups in total. The standard InChI is InChI=1S/C21H22N4OS/c1-11-12(2)14(4)17(15(5)13(11)3)9-27-21-25-24-20(26-21)16-6-7-18-19(8-16)23-10-22-18/h6-8,10H,9H2,1-5H3,(H,22,23). The van der Waals surface area contributed by atoms with Crippen molar-refractivity contribution in [3.8, 4) is 11.5 Å². The van der Waals surface area contributed by atoms with E-state index in [0.29, 0.717) is 11.1 Å². The number of nitrogens with one attached hydrogen (secondary N) is 1. The summed E-state index contributed by atoms with van der Waals surface area (Å²) in [7, 11) is 0. The normalized spacial score (nSPS) is 11.4. The molecule has 0 aliphatic heterocycles. The van der Waals surface area contributed by atoms with Crippen LogP contribution in [0.3, 0.4) is 0 Å². The van der Waals surface area contributed by atoms with Crippen LogP contribution in [0, 0.1) is 34.6 Å². The number of aromatic amines is 1. The molecule has 138 valence electrons. The first-order valence-corrected chi connectivity index (χ1v) is 9.90. The fourth-order valence-corrected chi connectivity index (χ4v) is 4.32. The molecule has 2 aromatic heterocycles. The van der Waals surface area contributed by atoms with E-state index in [2.05, 4.69) is 54.8 Å². The quantitative estimate of drug-likeness (QED) is 0.478. The molecule has 0 amide bonds. The second-order valence-electron chi connectivity index (χ2n) is 6.90. The number of benzene rings is 2. The van der Waals surface area contributed by atoms with E-state index >= 15 is 0 Å². The molecule has 27 heavy (non-hydrogen) atoms. The molecule has 0 aliphatic rings. The Bertz CT molecular complexity index is 1110. The first-order chi connectivity index (χ1) is 13.0. The van der Waals surface area contributed by atoms with Crippen LogP contribution >= 0.6 is 11.8 Å². The maximum Gasteiger partial charge on any atom is 0.277 e. The van der Waals surface area contributed by atoms with Gasteiger partial charge in [-0.1, -0.05) is 11.8 Å². The lowest BCUT2D eigenvalue weighted by Crippen LogP contribution is -2.01. The molecule has 2 aromatic carbocycles. The van der Waals surface area contributed by atoms with Crippen LogP contribution in [0.4, 0.5) is 0 Å². The zero-order valence-electron chi connectivity index (χ0n) is 16.2. The van der Waals surface area contributed by atoms with E-state index in [4.69, 9.17) is 4.42 Å². The predicted octanol–water partition coefficient (Wildman–Crippen LogP) is 5.45. The number of aromatic nitrogens is 4. The van der Waals surface area contributed by atoms with Gasteiger partial charge < -0.3 is 9.40 Å². The number of nitrogens with zero attached hydrogens (tertiary/aromatic N) is 3. The van der Waals surface area contributed by atoms with Crippen molar-refractivity contribution < 1.29 is 4.42 Å². The van der Waals surface area contributed by atoms with Crippen molar-refractivity contribution >= 4 is 22.8 Å². The number of rotatable bonds is 4. The van der Waals surface area contributed by atoms with Gasteiger partial charge in [-0.15, -0.1) is 10.2 Å². The Kier molecular flexibility index (Phi) is 4.52. The number of thioether (sulfide) groups is 1. The van der Waals surface area contributed by atoms with Crippen LogP contribution in [0.2, 0.25) is 0 Å². The van der Waals surface area contributed by atoms with Crippen molar-refractivity contribution in [1.82, 2.24) is 20.2 Å². The molecule has 0 fully saturated rings. The van der Waals surface area contributed by atoms with Gasteiger partial charge in [0.25, 0.3) is 5.22 Å². The van der Waals surface area contributed by atoms with E-state index in [1.165, 1.54) is 33.4 Å². The SMILES string of the molecule is Cc1c(C)c(C)c(CSc2nnc(-c3ccc4nc[nH]c4c3)o2)c(C)c1C. The summed E-state index contributed by atoms with van der Waals surface area (Å²) in [6.07, 6.45) is 1.68. The number of hydrogen-bond donors (Lipinski definition) is 1. The second kappa shape index (κ2) is 6.85. The molecule has 5 nitrogen and oxygen atoms in total. The van der Waals surface area contributed by atoms with Crippen LogP contribution in [0.15, 0.2) is 34.2 Å². The first kappa shape index (κ1) is 17.8. The summed E-state index contributed by atoms with van der Waals surface area (Å²) >= 11 is 1.59. The van der Waals surface area contributed by atoms with Gasteiger partial charge in [-0.2, -0.15) is 0 Å². The minimum absolute atomic E-state index is 0.527. The van der Waals surface area contributed by atoms with Crippen LogP contribution in [-0.4, -0.2) is 20.2 Å². The second-order valence-corrected chi connectivity index (χ2v) is 7.83. The van der Waals surface area contributed by atoms with Crippen LogP contribution in [-0.2, 0) is 5.75 Å². The third-order valence-corrected chi connectivity index (χ3v) is 6.41. The summed E-state index contributed by atoms with van der Waals surface area (Å²) in [6.45, 7) is 11.0. The Morgan fingerprint density at radius 1 is 0.926 bits per heavy atom. The highest BCUT2D eigenvalue weighted by Crippen LogP contribution is 2.32. The minimum Gasteiger partial charge on any atom is -0.411 e. The van der Waals surface area contributed by atoms with Crippen molar-refractivity contribution in [1.29, 1.82) is 0 Å². The van der Waals surface area contributed by atoms with Gasteiger partial charge in [0.1, 0.15) is 0 Å². The van der Waals surface area contributed by atoms with Crippen molar-refractivity contribution in [3.05, 3.63) is 57.9 Å². The molecule has 0 radical (unpaired) electrons. The summed E-state index contributed by atoms with van der Waals surface area (Å²) in [4.78, 5) is 7.34. The van der Waals surface area contributed by atoms with E-state index in [-0.39, 0.29) is 0 Å². The Labute approximate surface area is 162 Å². The molecule has 0 aliphatic carbocycles. The number of imidazole rings is 1. The van der Waals surface area contributed by atoms with Gasteiger partial charge in [0.05, 0.1) is 17.4 Å². The summed E-state index contributed by atoms with van der Waals surface area (Å²) in [5, 5.41) is 9.02. The molecule has 4 aromatic rings. The number of hydrogen-bond acceptors (Lipinski definition) is 5. The molecule has 2 heterocycles. The Hall–Kier alpha value is -2.60. The summed E-state index contributed by atoms with van der Waals surface area (Å²) < 4.78 is 5.89. The van der Waals surface area contributed by atoms with Crippen LogP contribution in [0.5, 0.6) is 0 Å². The van der Waals surface area contributed by atoms with E-state index in [1.54, 1.807) is 18.1 Å². The smallest absolute Gasteiger partial charge is 0.277 e. The fourth-order valence-electron chi connectivity index (χ4n) is 3.38. The molecule has 0 saturated carbocycles. The third-order valence-electron chi connectivity index (χ3n) is 5.57. The van der Waals surface area contributed by atoms with Gasteiger partial charge in [-0.05, 0) is 86.2 Å². The maximum absolute atomic E-state index is 5.89. The third kappa shape index (κ3) is 3.14. The molecule has 0 unspecified atom stereocenters.